The summed E-state index contributed by atoms with van der Waals surface area (Å²) in [5.41, 5.74) is 1.69. The summed E-state index contributed by atoms with van der Waals surface area (Å²) in [6.45, 7) is 4.40. The lowest BCUT2D eigenvalue weighted by atomic mass is 9.89. The van der Waals surface area contributed by atoms with Crippen molar-refractivity contribution < 1.29 is 9.59 Å². The van der Waals surface area contributed by atoms with E-state index < -0.39 is 5.54 Å². The van der Waals surface area contributed by atoms with E-state index in [-0.39, 0.29) is 23.9 Å². The lowest BCUT2D eigenvalue weighted by Crippen LogP contribution is -2.65. The molecule has 0 saturated heterocycles. The van der Waals surface area contributed by atoms with Crippen molar-refractivity contribution in [1.82, 2.24) is 14.8 Å². The average molecular weight is 430 g/mol. The molecule has 0 unspecified atom stereocenters. The highest BCUT2D eigenvalue weighted by atomic mass is 16.2. The Morgan fingerprint density at radius 1 is 1.03 bits per heavy atom. The molecule has 5 rings (SSSR count). The molecule has 0 bridgehead atoms. The van der Waals surface area contributed by atoms with Gasteiger partial charge in [0.2, 0.25) is 5.91 Å². The van der Waals surface area contributed by atoms with E-state index in [9.17, 15) is 9.59 Å². The minimum absolute atomic E-state index is 0.0519. The number of carbonyl (C=O) groups excluding carboxylic acids is 2. The summed E-state index contributed by atoms with van der Waals surface area (Å²) in [5.74, 6) is -0.144. The Morgan fingerprint density at radius 2 is 1.72 bits per heavy atom. The third-order valence-electron chi connectivity index (χ3n) is 7.35. The Hall–Kier alpha value is -3.08. The number of rotatable bonds is 4. The standard InChI is InChI=1S/C27H31N3O2/c1-19(20-11-5-3-6-12-20)30-25(31)24-17-21-13-9-10-16-23(21)29(24)18-27(30,2)26(32)28-22-14-7-4-8-15-22/h3,5-6,9-13,16-17,19,22H,4,7-8,14-15,18H2,1-2H3,(H,28,32)/t19-,27-/m0/s1. The van der Waals surface area contributed by atoms with Crippen molar-refractivity contribution in [1.29, 1.82) is 0 Å². The number of hydrogen-bond acceptors (Lipinski definition) is 2. The molecule has 1 saturated carbocycles. The molecule has 1 aromatic heterocycles. The van der Waals surface area contributed by atoms with Gasteiger partial charge in [-0.2, -0.15) is 0 Å². The first-order valence-electron chi connectivity index (χ1n) is 11.8. The molecule has 3 aromatic rings. The molecule has 2 aliphatic rings. The summed E-state index contributed by atoms with van der Waals surface area (Å²) in [4.78, 5) is 29.6. The summed E-state index contributed by atoms with van der Waals surface area (Å²) < 4.78 is 2.03. The highest BCUT2D eigenvalue weighted by molar-refractivity contribution is 6.03. The van der Waals surface area contributed by atoms with Crippen molar-refractivity contribution in [2.24, 2.45) is 0 Å². The molecule has 5 heteroatoms. The number of hydrogen-bond donors (Lipinski definition) is 1. The van der Waals surface area contributed by atoms with Crippen LogP contribution in [0.5, 0.6) is 0 Å². The van der Waals surface area contributed by atoms with Gasteiger partial charge in [-0.05, 0) is 44.4 Å². The van der Waals surface area contributed by atoms with Crippen molar-refractivity contribution >= 4 is 22.7 Å². The Balaban J connectivity index is 1.59. The molecule has 5 nitrogen and oxygen atoms in total. The minimum Gasteiger partial charge on any atom is -0.351 e. The second-order valence-corrected chi connectivity index (χ2v) is 9.52. The number of benzene rings is 2. The zero-order valence-electron chi connectivity index (χ0n) is 18.9. The third kappa shape index (κ3) is 3.40. The smallest absolute Gasteiger partial charge is 0.271 e. The quantitative estimate of drug-likeness (QED) is 0.630. The largest absolute Gasteiger partial charge is 0.351 e. The summed E-state index contributed by atoms with van der Waals surface area (Å²) in [6, 6.07) is 20.0. The van der Waals surface area contributed by atoms with Crippen LogP contribution in [0.1, 0.15) is 68.0 Å². The predicted molar refractivity (Wildman–Crippen MR) is 126 cm³/mol. The van der Waals surface area contributed by atoms with E-state index in [0.717, 1.165) is 42.1 Å². The Labute approximate surface area is 189 Å². The second-order valence-electron chi connectivity index (χ2n) is 9.52. The van der Waals surface area contributed by atoms with Crippen LogP contribution in [0.2, 0.25) is 0 Å². The molecule has 2 aromatic carbocycles. The maximum absolute atomic E-state index is 13.9. The molecule has 0 radical (unpaired) electrons. The Bertz CT molecular complexity index is 1150. The molecule has 1 N–H and O–H groups in total. The fourth-order valence-electron chi connectivity index (χ4n) is 5.54. The highest BCUT2D eigenvalue weighted by Gasteiger charge is 2.50. The van der Waals surface area contributed by atoms with Crippen molar-refractivity contribution in [3.63, 3.8) is 0 Å². The predicted octanol–water partition coefficient (Wildman–Crippen LogP) is 5.07. The van der Waals surface area contributed by atoms with Crippen LogP contribution >= 0.6 is 0 Å². The van der Waals surface area contributed by atoms with Gasteiger partial charge in [0.05, 0.1) is 12.6 Å². The van der Waals surface area contributed by atoms with Gasteiger partial charge >= 0.3 is 0 Å². The average Bonchev–Trinajstić information content (AvgIpc) is 3.19. The van der Waals surface area contributed by atoms with Crippen LogP contribution < -0.4 is 5.32 Å². The summed E-state index contributed by atoms with van der Waals surface area (Å²) in [7, 11) is 0. The third-order valence-corrected chi connectivity index (χ3v) is 7.35. The number of para-hydroxylation sites is 1. The van der Waals surface area contributed by atoms with Gasteiger partial charge in [-0.1, -0.05) is 67.8 Å². The molecule has 0 spiro atoms. The fraction of sp³-hybridized carbons (Fsp3) is 0.407. The van der Waals surface area contributed by atoms with Gasteiger partial charge < -0.3 is 14.8 Å². The SMILES string of the molecule is C[C@@H](c1ccccc1)N1C(=O)c2cc3ccccc3n2C[C@@]1(C)C(=O)NC1CCCCC1. The van der Waals surface area contributed by atoms with Crippen LogP contribution in [0.15, 0.2) is 60.7 Å². The molecule has 1 fully saturated rings. The first-order chi connectivity index (χ1) is 15.5. The molecular weight excluding hydrogens is 398 g/mol. The van der Waals surface area contributed by atoms with Crippen LogP contribution in [0.4, 0.5) is 0 Å². The lowest BCUT2D eigenvalue weighted by molar-refractivity contribution is -0.135. The molecule has 2 amide bonds. The fourth-order valence-corrected chi connectivity index (χ4v) is 5.54. The Kier molecular flexibility index (Phi) is 5.28. The van der Waals surface area contributed by atoms with Crippen LogP contribution in [0.3, 0.4) is 0 Å². The summed E-state index contributed by atoms with van der Waals surface area (Å²) in [6.07, 6.45) is 5.57. The van der Waals surface area contributed by atoms with Crippen LogP contribution in [-0.4, -0.2) is 32.9 Å². The first kappa shape index (κ1) is 20.8. The van der Waals surface area contributed by atoms with Gasteiger partial charge in [-0.3, -0.25) is 9.59 Å². The summed E-state index contributed by atoms with van der Waals surface area (Å²) in [5, 5.41) is 4.34. The highest BCUT2D eigenvalue weighted by Crippen LogP contribution is 2.38. The van der Waals surface area contributed by atoms with E-state index in [0.29, 0.717) is 12.2 Å². The van der Waals surface area contributed by atoms with Crippen molar-refractivity contribution in [2.45, 2.75) is 70.1 Å². The van der Waals surface area contributed by atoms with E-state index in [1.54, 1.807) is 0 Å². The number of fused-ring (bicyclic) bond motifs is 3. The second kappa shape index (κ2) is 8.12. The molecular formula is C27H31N3O2. The maximum Gasteiger partial charge on any atom is 0.271 e. The Morgan fingerprint density at radius 3 is 2.47 bits per heavy atom. The molecule has 1 aliphatic carbocycles. The topological polar surface area (TPSA) is 54.3 Å². The normalized spacial score (nSPS) is 22.6. The molecule has 32 heavy (non-hydrogen) atoms. The number of carbonyl (C=O) groups is 2. The zero-order chi connectivity index (χ0) is 22.3. The summed E-state index contributed by atoms with van der Waals surface area (Å²) >= 11 is 0. The first-order valence-corrected chi connectivity index (χ1v) is 11.8. The molecule has 2 atom stereocenters. The number of nitrogens with one attached hydrogen (secondary N) is 1. The number of aromatic nitrogens is 1. The van der Waals surface area contributed by atoms with E-state index >= 15 is 0 Å². The van der Waals surface area contributed by atoms with E-state index in [1.807, 2.05) is 84.0 Å². The van der Waals surface area contributed by atoms with Crippen molar-refractivity contribution in [3.05, 3.63) is 71.9 Å². The van der Waals surface area contributed by atoms with Crippen molar-refractivity contribution in [3.8, 4) is 0 Å². The van der Waals surface area contributed by atoms with E-state index in [2.05, 4.69) is 5.32 Å². The molecule has 2 heterocycles. The van der Waals surface area contributed by atoms with E-state index in [1.165, 1.54) is 6.42 Å². The monoisotopic (exact) mass is 429 g/mol. The van der Waals surface area contributed by atoms with Crippen molar-refractivity contribution in [2.75, 3.05) is 0 Å². The number of amides is 2. The molecule has 166 valence electrons. The van der Waals surface area contributed by atoms with Gasteiger partial charge in [-0.25, -0.2) is 0 Å². The minimum atomic E-state index is -0.988. The van der Waals surface area contributed by atoms with Crippen LogP contribution in [0.25, 0.3) is 10.9 Å². The number of nitrogens with zero attached hydrogens (tertiary/aromatic N) is 2. The van der Waals surface area contributed by atoms with Gasteiger partial charge in [0.1, 0.15) is 11.2 Å². The maximum atomic E-state index is 13.9. The van der Waals surface area contributed by atoms with Crippen LogP contribution in [-0.2, 0) is 11.3 Å². The van der Waals surface area contributed by atoms with Gasteiger partial charge in [0.15, 0.2) is 0 Å². The zero-order valence-corrected chi connectivity index (χ0v) is 18.9. The molecule has 1 aliphatic heterocycles. The van der Waals surface area contributed by atoms with Gasteiger partial charge in [0, 0.05) is 16.9 Å². The van der Waals surface area contributed by atoms with Crippen LogP contribution in [0, 0.1) is 0 Å². The van der Waals surface area contributed by atoms with E-state index in [4.69, 9.17) is 0 Å². The lowest BCUT2D eigenvalue weighted by Gasteiger charge is -2.47. The van der Waals surface area contributed by atoms with Gasteiger partial charge in [0.25, 0.3) is 5.91 Å². The van der Waals surface area contributed by atoms with Gasteiger partial charge in [-0.15, -0.1) is 0 Å².